The Kier molecular flexibility index (Phi) is 7.41. The molecule has 0 heterocycles. The Morgan fingerprint density at radius 2 is 2.10 bits per heavy atom. The number of nitrogens with one attached hydrogen (secondary N) is 1. The number of nitrogens with zero attached hydrogens (tertiary/aromatic N) is 1. The van der Waals surface area contributed by atoms with Gasteiger partial charge in [-0.1, -0.05) is 31.4 Å². The van der Waals surface area contributed by atoms with Gasteiger partial charge >= 0.3 is 0 Å². The quantitative estimate of drug-likeness (QED) is 0.571. The number of amides is 1. The van der Waals surface area contributed by atoms with Gasteiger partial charge in [-0.15, -0.1) is 0 Å². The molecule has 112 valence electrons. The fourth-order valence-electron chi connectivity index (χ4n) is 1.90. The van der Waals surface area contributed by atoms with E-state index in [1.165, 1.54) is 19.3 Å². The molecule has 0 bridgehead atoms. The third kappa shape index (κ3) is 6.26. The molecule has 0 saturated heterocycles. The number of rotatable bonds is 8. The van der Waals surface area contributed by atoms with E-state index in [0.29, 0.717) is 22.8 Å². The molecule has 1 amide bonds. The minimum atomic E-state index is -0.0265. The lowest BCUT2D eigenvalue weighted by Crippen LogP contribution is -2.25. The molecular formula is C15H24ClN3O. The zero-order valence-corrected chi connectivity index (χ0v) is 13.0. The van der Waals surface area contributed by atoms with Crippen LogP contribution < -0.4 is 11.1 Å². The van der Waals surface area contributed by atoms with Gasteiger partial charge in [-0.05, 0) is 38.2 Å². The maximum atomic E-state index is 11.9. The second-order valence-corrected chi connectivity index (χ2v) is 5.48. The van der Waals surface area contributed by atoms with Gasteiger partial charge in [0, 0.05) is 18.0 Å². The normalized spacial score (nSPS) is 10.8. The third-order valence-electron chi connectivity index (χ3n) is 3.15. The summed E-state index contributed by atoms with van der Waals surface area (Å²) in [4.78, 5) is 14.0. The number of nitrogens with two attached hydrogens (primary N) is 1. The van der Waals surface area contributed by atoms with Crippen LogP contribution in [-0.2, 0) is 4.79 Å². The van der Waals surface area contributed by atoms with Gasteiger partial charge in [-0.25, -0.2) is 0 Å². The lowest BCUT2D eigenvalue weighted by Gasteiger charge is -2.16. The fourth-order valence-corrected chi connectivity index (χ4v) is 2.08. The van der Waals surface area contributed by atoms with Crippen molar-refractivity contribution in [1.29, 1.82) is 0 Å². The van der Waals surface area contributed by atoms with E-state index < -0.39 is 0 Å². The van der Waals surface area contributed by atoms with Crippen LogP contribution in [0.2, 0.25) is 5.02 Å². The van der Waals surface area contributed by atoms with Crippen molar-refractivity contribution < 1.29 is 4.79 Å². The molecule has 1 aromatic carbocycles. The van der Waals surface area contributed by atoms with E-state index in [1.807, 2.05) is 7.05 Å². The first-order chi connectivity index (χ1) is 9.52. The second kappa shape index (κ2) is 8.82. The van der Waals surface area contributed by atoms with Crippen LogP contribution in [0.15, 0.2) is 18.2 Å². The molecule has 4 nitrogen and oxygen atoms in total. The number of nitrogen functional groups attached to an aromatic ring is 1. The van der Waals surface area contributed by atoms with Crippen molar-refractivity contribution >= 4 is 28.9 Å². The highest BCUT2D eigenvalue weighted by molar-refractivity contribution is 6.31. The first-order valence-electron chi connectivity index (χ1n) is 7.06. The predicted molar refractivity (Wildman–Crippen MR) is 86.1 cm³/mol. The maximum absolute atomic E-state index is 11.9. The van der Waals surface area contributed by atoms with Gasteiger partial charge in [0.25, 0.3) is 0 Å². The molecule has 5 heteroatoms. The van der Waals surface area contributed by atoms with Gasteiger partial charge < -0.3 is 16.0 Å². The number of hydrogen-bond acceptors (Lipinski definition) is 3. The number of unbranched alkanes of at least 4 members (excludes halogenated alkanes) is 2. The molecule has 0 aliphatic heterocycles. The summed E-state index contributed by atoms with van der Waals surface area (Å²) in [7, 11) is 2.04. The molecule has 0 radical (unpaired) electrons. The van der Waals surface area contributed by atoms with Crippen LogP contribution in [0.4, 0.5) is 11.4 Å². The van der Waals surface area contributed by atoms with Crippen LogP contribution in [0.1, 0.15) is 32.6 Å². The molecule has 20 heavy (non-hydrogen) atoms. The average Bonchev–Trinajstić information content (AvgIpc) is 2.40. The Morgan fingerprint density at radius 1 is 1.35 bits per heavy atom. The van der Waals surface area contributed by atoms with Crippen LogP contribution in [0.3, 0.4) is 0 Å². The molecule has 0 atom stereocenters. The Balaban J connectivity index is 2.33. The SMILES string of the molecule is CCCCCN(C)CCC(=O)Nc1ccc(Cl)cc1N. The molecule has 0 aliphatic rings. The fraction of sp³-hybridized carbons (Fsp3) is 0.533. The second-order valence-electron chi connectivity index (χ2n) is 5.04. The Morgan fingerprint density at radius 3 is 2.75 bits per heavy atom. The Labute approximate surface area is 126 Å². The standard InChI is InChI=1S/C15H24ClN3O/c1-3-4-5-9-19(2)10-8-15(20)18-14-7-6-12(16)11-13(14)17/h6-7,11H,3-5,8-10,17H2,1-2H3,(H,18,20). The number of benzene rings is 1. The first kappa shape index (κ1) is 16.8. The van der Waals surface area contributed by atoms with Crippen LogP contribution in [0.5, 0.6) is 0 Å². The summed E-state index contributed by atoms with van der Waals surface area (Å²) in [5, 5.41) is 3.38. The molecule has 0 aromatic heterocycles. The smallest absolute Gasteiger partial charge is 0.225 e. The third-order valence-corrected chi connectivity index (χ3v) is 3.39. The van der Waals surface area contributed by atoms with Crippen LogP contribution in [0, 0.1) is 0 Å². The van der Waals surface area contributed by atoms with E-state index in [9.17, 15) is 4.79 Å². The number of carbonyl (C=O) groups excluding carboxylic acids is 1. The zero-order chi connectivity index (χ0) is 15.0. The summed E-state index contributed by atoms with van der Waals surface area (Å²) in [5.74, 6) is -0.0265. The largest absolute Gasteiger partial charge is 0.397 e. The van der Waals surface area contributed by atoms with E-state index in [2.05, 4.69) is 17.1 Å². The minimum Gasteiger partial charge on any atom is -0.397 e. The van der Waals surface area contributed by atoms with Gasteiger partial charge in [0.15, 0.2) is 0 Å². The van der Waals surface area contributed by atoms with E-state index >= 15 is 0 Å². The monoisotopic (exact) mass is 297 g/mol. The lowest BCUT2D eigenvalue weighted by atomic mass is 10.2. The van der Waals surface area contributed by atoms with E-state index in [4.69, 9.17) is 17.3 Å². The number of carbonyl (C=O) groups is 1. The highest BCUT2D eigenvalue weighted by atomic mass is 35.5. The topological polar surface area (TPSA) is 58.4 Å². The van der Waals surface area contributed by atoms with Crippen molar-refractivity contribution in [3.8, 4) is 0 Å². The summed E-state index contributed by atoms with van der Waals surface area (Å²) < 4.78 is 0. The predicted octanol–water partition coefficient (Wildman–Crippen LogP) is 3.37. The molecule has 0 saturated carbocycles. The van der Waals surface area contributed by atoms with Gasteiger partial charge in [-0.3, -0.25) is 4.79 Å². The van der Waals surface area contributed by atoms with E-state index in [-0.39, 0.29) is 5.91 Å². The van der Waals surface area contributed by atoms with Crippen molar-refractivity contribution in [2.45, 2.75) is 32.6 Å². The van der Waals surface area contributed by atoms with Crippen molar-refractivity contribution in [3.63, 3.8) is 0 Å². The highest BCUT2D eigenvalue weighted by Gasteiger charge is 2.07. The molecule has 0 spiro atoms. The molecule has 0 fully saturated rings. The molecule has 3 N–H and O–H groups in total. The number of hydrogen-bond donors (Lipinski definition) is 2. The Hall–Kier alpha value is -1.26. The van der Waals surface area contributed by atoms with Crippen LogP contribution >= 0.6 is 11.6 Å². The molecule has 0 aliphatic carbocycles. The van der Waals surface area contributed by atoms with Gasteiger partial charge in [0.05, 0.1) is 11.4 Å². The van der Waals surface area contributed by atoms with Gasteiger partial charge in [0.2, 0.25) is 5.91 Å². The summed E-state index contributed by atoms with van der Waals surface area (Å²) in [6, 6.07) is 5.07. The molecular weight excluding hydrogens is 274 g/mol. The number of halogens is 1. The minimum absolute atomic E-state index is 0.0265. The van der Waals surface area contributed by atoms with Crippen molar-refractivity contribution in [3.05, 3.63) is 23.2 Å². The summed E-state index contributed by atoms with van der Waals surface area (Å²) in [5.41, 5.74) is 6.90. The Bertz CT molecular complexity index is 437. The van der Waals surface area contributed by atoms with E-state index in [0.717, 1.165) is 13.1 Å². The maximum Gasteiger partial charge on any atom is 0.225 e. The summed E-state index contributed by atoms with van der Waals surface area (Å²) in [6.45, 7) is 3.97. The van der Waals surface area contributed by atoms with Crippen molar-refractivity contribution in [1.82, 2.24) is 4.90 Å². The van der Waals surface area contributed by atoms with E-state index in [1.54, 1.807) is 18.2 Å². The van der Waals surface area contributed by atoms with Gasteiger partial charge in [-0.2, -0.15) is 0 Å². The van der Waals surface area contributed by atoms with Crippen LogP contribution in [0.25, 0.3) is 0 Å². The highest BCUT2D eigenvalue weighted by Crippen LogP contribution is 2.22. The molecule has 0 unspecified atom stereocenters. The lowest BCUT2D eigenvalue weighted by molar-refractivity contribution is -0.116. The zero-order valence-electron chi connectivity index (χ0n) is 12.3. The van der Waals surface area contributed by atoms with Crippen molar-refractivity contribution in [2.24, 2.45) is 0 Å². The number of anilines is 2. The van der Waals surface area contributed by atoms with Gasteiger partial charge in [0.1, 0.15) is 0 Å². The first-order valence-corrected chi connectivity index (χ1v) is 7.44. The average molecular weight is 298 g/mol. The summed E-state index contributed by atoms with van der Waals surface area (Å²) in [6.07, 6.45) is 4.09. The summed E-state index contributed by atoms with van der Waals surface area (Å²) >= 11 is 5.82. The van der Waals surface area contributed by atoms with Crippen LogP contribution in [-0.4, -0.2) is 30.9 Å². The molecule has 1 aromatic rings. The van der Waals surface area contributed by atoms with Crippen molar-refractivity contribution in [2.75, 3.05) is 31.2 Å². The molecule has 1 rings (SSSR count).